The molecule has 0 spiro atoms. The van der Waals surface area contributed by atoms with Gasteiger partial charge < -0.3 is 15.4 Å². The van der Waals surface area contributed by atoms with E-state index in [2.05, 4.69) is 10.6 Å². The number of carbonyl (C=O) groups excluding carboxylic acids is 2. The van der Waals surface area contributed by atoms with Gasteiger partial charge in [-0.2, -0.15) is 4.31 Å². The normalized spacial score (nSPS) is 19.3. The maximum Gasteiger partial charge on any atom is 0.255 e. The quantitative estimate of drug-likeness (QED) is 0.640. The predicted molar refractivity (Wildman–Crippen MR) is 127 cm³/mol. The zero-order valence-electron chi connectivity index (χ0n) is 19.0. The van der Waals surface area contributed by atoms with Crippen LogP contribution in [0.2, 0.25) is 5.02 Å². The number of nitrogens with zero attached hydrogens (tertiary/aromatic N) is 1. The van der Waals surface area contributed by atoms with Crippen LogP contribution in [0.25, 0.3) is 0 Å². The van der Waals surface area contributed by atoms with Gasteiger partial charge in [-0.05, 0) is 64.1 Å². The summed E-state index contributed by atoms with van der Waals surface area (Å²) < 4.78 is 33.3. The summed E-state index contributed by atoms with van der Waals surface area (Å²) in [7, 11) is -3.80. The Morgan fingerprint density at radius 2 is 1.67 bits per heavy atom. The number of anilines is 1. The van der Waals surface area contributed by atoms with Crippen molar-refractivity contribution in [3.63, 3.8) is 0 Å². The number of amides is 2. The second-order valence-electron chi connectivity index (χ2n) is 8.38. The third-order valence-electron chi connectivity index (χ3n) is 5.02. The van der Waals surface area contributed by atoms with Gasteiger partial charge in [-0.25, -0.2) is 8.42 Å². The standard InChI is InChI=1S/C23H28ClN3O5S/c1-14(2)25-22(28)18-8-9-20(24)21(11-18)26-23(29)17-6-5-7-19(10-17)33(30,31)27-12-15(3)32-16(4)13-27/h5-11,14-16H,12-13H2,1-4H3,(H,25,28)(H,26,29)/t15-,16-/m1/s1. The number of morpholine rings is 1. The average Bonchev–Trinajstić information content (AvgIpc) is 2.74. The topological polar surface area (TPSA) is 105 Å². The second kappa shape index (κ2) is 10.2. The third-order valence-corrected chi connectivity index (χ3v) is 7.17. The highest BCUT2D eigenvalue weighted by Gasteiger charge is 2.32. The number of halogens is 1. The van der Waals surface area contributed by atoms with Crippen LogP contribution < -0.4 is 10.6 Å². The van der Waals surface area contributed by atoms with Crippen LogP contribution in [0.3, 0.4) is 0 Å². The summed E-state index contributed by atoms with van der Waals surface area (Å²) in [5.74, 6) is -0.835. The van der Waals surface area contributed by atoms with E-state index in [1.165, 1.54) is 40.7 Å². The summed E-state index contributed by atoms with van der Waals surface area (Å²) in [6, 6.07) is 10.3. The molecule has 1 fully saturated rings. The molecule has 33 heavy (non-hydrogen) atoms. The van der Waals surface area contributed by atoms with Crippen LogP contribution in [0.1, 0.15) is 48.4 Å². The minimum Gasteiger partial charge on any atom is -0.373 e. The molecule has 2 amide bonds. The molecule has 1 heterocycles. The summed E-state index contributed by atoms with van der Waals surface area (Å²) in [6.07, 6.45) is -0.449. The number of benzene rings is 2. The Bertz CT molecular complexity index is 1140. The van der Waals surface area contributed by atoms with Crippen LogP contribution in [0.5, 0.6) is 0 Å². The van der Waals surface area contributed by atoms with Crippen LogP contribution in [0.15, 0.2) is 47.4 Å². The number of sulfonamides is 1. The number of carbonyl (C=O) groups is 2. The first-order chi connectivity index (χ1) is 15.5. The van der Waals surface area contributed by atoms with Gasteiger partial charge in [-0.1, -0.05) is 17.7 Å². The Morgan fingerprint density at radius 3 is 2.30 bits per heavy atom. The molecule has 3 rings (SSSR count). The van der Waals surface area contributed by atoms with Crippen LogP contribution in [-0.2, 0) is 14.8 Å². The van der Waals surface area contributed by atoms with E-state index in [0.717, 1.165) is 0 Å². The predicted octanol–water partition coefficient (Wildman–Crippen LogP) is 3.53. The highest BCUT2D eigenvalue weighted by atomic mass is 35.5. The molecule has 0 aromatic heterocycles. The summed E-state index contributed by atoms with van der Waals surface area (Å²) in [5, 5.41) is 5.70. The van der Waals surface area contributed by atoms with Crippen molar-refractivity contribution in [3.05, 3.63) is 58.6 Å². The van der Waals surface area contributed by atoms with Crippen molar-refractivity contribution in [3.8, 4) is 0 Å². The lowest BCUT2D eigenvalue weighted by molar-refractivity contribution is -0.0440. The van der Waals surface area contributed by atoms with Gasteiger partial charge in [0.05, 0.1) is 27.8 Å². The number of ether oxygens (including phenoxy) is 1. The number of hydrogen-bond acceptors (Lipinski definition) is 5. The van der Waals surface area contributed by atoms with Crippen LogP contribution in [0, 0.1) is 0 Å². The van der Waals surface area contributed by atoms with E-state index >= 15 is 0 Å². The van der Waals surface area contributed by atoms with Gasteiger partial charge in [0, 0.05) is 30.3 Å². The van der Waals surface area contributed by atoms with Crippen molar-refractivity contribution in [2.24, 2.45) is 0 Å². The molecule has 178 valence electrons. The first-order valence-corrected chi connectivity index (χ1v) is 12.5. The molecular weight excluding hydrogens is 466 g/mol. The maximum atomic E-state index is 13.1. The Labute approximate surface area is 199 Å². The molecule has 1 aliphatic rings. The van der Waals surface area contributed by atoms with Crippen molar-refractivity contribution in [2.45, 2.75) is 50.8 Å². The monoisotopic (exact) mass is 493 g/mol. The SMILES string of the molecule is CC(C)NC(=O)c1ccc(Cl)c(NC(=O)c2cccc(S(=O)(=O)N3C[C@@H](C)O[C@H](C)C3)c2)c1. The second-order valence-corrected chi connectivity index (χ2v) is 10.7. The largest absolute Gasteiger partial charge is 0.373 e. The molecule has 0 aliphatic carbocycles. The van der Waals surface area contributed by atoms with Crippen molar-refractivity contribution in [1.29, 1.82) is 0 Å². The number of hydrogen-bond donors (Lipinski definition) is 2. The fraction of sp³-hybridized carbons (Fsp3) is 0.391. The lowest BCUT2D eigenvalue weighted by Crippen LogP contribution is -2.48. The van der Waals surface area contributed by atoms with Gasteiger partial charge >= 0.3 is 0 Å². The van der Waals surface area contributed by atoms with E-state index in [1.807, 2.05) is 27.7 Å². The minimum atomic E-state index is -3.80. The molecule has 0 radical (unpaired) electrons. The molecule has 1 saturated heterocycles. The lowest BCUT2D eigenvalue weighted by Gasteiger charge is -2.34. The van der Waals surface area contributed by atoms with Gasteiger partial charge in [0.15, 0.2) is 0 Å². The van der Waals surface area contributed by atoms with Crippen molar-refractivity contribution >= 4 is 39.1 Å². The van der Waals surface area contributed by atoms with Crippen LogP contribution in [-0.4, -0.2) is 55.9 Å². The molecule has 1 aliphatic heterocycles. The van der Waals surface area contributed by atoms with Gasteiger partial charge in [0.25, 0.3) is 11.8 Å². The zero-order chi connectivity index (χ0) is 24.3. The lowest BCUT2D eigenvalue weighted by atomic mass is 10.1. The Hall–Kier alpha value is -2.46. The summed E-state index contributed by atoms with van der Waals surface area (Å²) in [4.78, 5) is 25.2. The third kappa shape index (κ3) is 6.11. The van der Waals surface area contributed by atoms with Crippen molar-refractivity contribution in [1.82, 2.24) is 9.62 Å². The van der Waals surface area contributed by atoms with E-state index in [1.54, 1.807) is 6.07 Å². The van der Waals surface area contributed by atoms with E-state index < -0.39 is 15.9 Å². The molecule has 8 nitrogen and oxygen atoms in total. The first kappa shape index (κ1) is 25.2. The molecule has 0 unspecified atom stereocenters. The smallest absolute Gasteiger partial charge is 0.255 e. The van der Waals surface area contributed by atoms with Gasteiger partial charge in [0.1, 0.15) is 0 Å². The molecule has 2 atom stereocenters. The van der Waals surface area contributed by atoms with E-state index in [9.17, 15) is 18.0 Å². The fourth-order valence-corrected chi connectivity index (χ4v) is 5.38. The summed E-state index contributed by atoms with van der Waals surface area (Å²) >= 11 is 6.21. The van der Waals surface area contributed by atoms with Crippen molar-refractivity contribution in [2.75, 3.05) is 18.4 Å². The maximum absolute atomic E-state index is 13.1. The number of nitrogens with one attached hydrogen (secondary N) is 2. The van der Waals surface area contributed by atoms with E-state index in [-0.39, 0.29) is 58.4 Å². The molecular formula is C23H28ClN3O5S. The Kier molecular flexibility index (Phi) is 7.79. The summed E-state index contributed by atoms with van der Waals surface area (Å²) in [6.45, 7) is 7.81. The minimum absolute atomic E-state index is 0.0209. The Balaban J connectivity index is 1.82. The first-order valence-electron chi connectivity index (χ1n) is 10.6. The number of rotatable bonds is 6. The average molecular weight is 494 g/mol. The van der Waals surface area contributed by atoms with Crippen LogP contribution >= 0.6 is 11.6 Å². The summed E-state index contributed by atoms with van der Waals surface area (Å²) in [5.41, 5.74) is 0.746. The zero-order valence-corrected chi connectivity index (χ0v) is 20.5. The fourth-order valence-electron chi connectivity index (χ4n) is 3.58. The van der Waals surface area contributed by atoms with Crippen molar-refractivity contribution < 1.29 is 22.7 Å². The van der Waals surface area contributed by atoms with Gasteiger partial charge in [-0.3, -0.25) is 9.59 Å². The highest BCUT2D eigenvalue weighted by molar-refractivity contribution is 7.89. The molecule has 2 aromatic rings. The highest BCUT2D eigenvalue weighted by Crippen LogP contribution is 2.25. The molecule has 2 N–H and O–H groups in total. The van der Waals surface area contributed by atoms with Crippen LogP contribution in [0.4, 0.5) is 5.69 Å². The molecule has 2 aromatic carbocycles. The molecule has 0 bridgehead atoms. The Morgan fingerprint density at radius 1 is 1.03 bits per heavy atom. The van der Waals surface area contributed by atoms with Gasteiger partial charge in [-0.15, -0.1) is 0 Å². The van der Waals surface area contributed by atoms with Gasteiger partial charge in [0.2, 0.25) is 10.0 Å². The van der Waals surface area contributed by atoms with E-state index in [4.69, 9.17) is 16.3 Å². The molecule has 0 saturated carbocycles. The van der Waals surface area contributed by atoms with E-state index in [0.29, 0.717) is 5.56 Å². The molecule has 10 heteroatoms.